The molecule has 1 saturated carbocycles. The summed E-state index contributed by atoms with van der Waals surface area (Å²) < 4.78 is 0. The molecule has 14 heavy (non-hydrogen) atoms. The number of carboxylic acids is 2. The molecular formula is C8H11NO5. The highest BCUT2D eigenvalue weighted by Crippen LogP contribution is 2.28. The van der Waals surface area contributed by atoms with E-state index in [1.165, 1.54) is 0 Å². The molecule has 0 aromatic heterocycles. The van der Waals surface area contributed by atoms with Crippen LogP contribution in [0.3, 0.4) is 0 Å². The minimum atomic E-state index is -1.32. The van der Waals surface area contributed by atoms with Crippen LogP contribution < -0.4 is 5.32 Å². The summed E-state index contributed by atoms with van der Waals surface area (Å²) in [6.07, 6.45) is 0.921. The van der Waals surface area contributed by atoms with Crippen molar-refractivity contribution in [3.63, 3.8) is 0 Å². The number of rotatable bonds is 5. The molecular weight excluding hydrogens is 190 g/mol. The van der Waals surface area contributed by atoms with E-state index in [2.05, 4.69) is 5.32 Å². The Bertz CT molecular complexity index is 271. The maximum atomic E-state index is 11.1. The van der Waals surface area contributed by atoms with Crippen molar-refractivity contribution in [2.45, 2.75) is 25.3 Å². The predicted octanol–water partition coefficient (Wildman–Crippen LogP) is -0.559. The van der Waals surface area contributed by atoms with E-state index < -0.39 is 24.4 Å². The van der Waals surface area contributed by atoms with E-state index in [1.807, 2.05) is 0 Å². The Labute approximate surface area is 79.9 Å². The number of carbonyl (C=O) groups is 3. The maximum absolute atomic E-state index is 11.1. The van der Waals surface area contributed by atoms with Gasteiger partial charge in [0.25, 0.3) is 0 Å². The summed E-state index contributed by atoms with van der Waals surface area (Å²) in [5, 5.41) is 19.2. The monoisotopic (exact) mass is 201 g/mol. The Kier molecular flexibility index (Phi) is 3.06. The molecule has 0 saturated heterocycles. The van der Waals surface area contributed by atoms with Crippen LogP contribution in [0.25, 0.3) is 0 Å². The fraction of sp³-hybridized carbons (Fsp3) is 0.625. The minimum absolute atomic E-state index is 0.120. The normalized spacial score (nSPS) is 17.1. The quantitative estimate of drug-likeness (QED) is 0.553. The molecule has 6 nitrogen and oxygen atoms in total. The summed E-state index contributed by atoms with van der Waals surface area (Å²) in [6, 6.07) is -1.32. The van der Waals surface area contributed by atoms with E-state index in [0.717, 1.165) is 12.8 Å². The number of carboxylic acid groups (broad SMARTS) is 2. The molecule has 1 unspecified atom stereocenters. The lowest BCUT2D eigenvalue weighted by molar-refractivity contribution is -0.147. The lowest BCUT2D eigenvalue weighted by Crippen LogP contribution is -2.42. The number of hydrogen-bond donors (Lipinski definition) is 3. The zero-order valence-corrected chi connectivity index (χ0v) is 7.40. The van der Waals surface area contributed by atoms with Crippen LogP contribution in [0.1, 0.15) is 19.3 Å². The Hall–Kier alpha value is -1.59. The first-order chi connectivity index (χ1) is 6.50. The molecule has 0 radical (unpaired) electrons. The predicted molar refractivity (Wildman–Crippen MR) is 44.5 cm³/mol. The summed E-state index contributed by atoms with van der Waals surface area (Å²) >= 11 is 0. The largest absolute Gasteiger partial charge is 0.481 e. The van der Waals surface area contributed by atoms with Crippen molar-refractivity contribution in [3.8, 4) is 0 Å². The van der Waals surface area contributed by atoms with E-state index in [4.69, 9.17) is 10.2 Å². The summed E-state index contributed by atoms with van der Waals surface area (Å²) in [7, 11) is 0. The third-order valence-corrected chi connectivity index (χ3v) is 1.94. The van der Waals surface area contributed by atoms with Gasteiger partial charge in [0.15, 0.2) is 0 Å². The van der Waals surface area contributed by atoms with Gasteiger partial charge in [-0.05, 0) is 12.8 Å². The van der Waals surface area contributed by atoms with Crippen molar-refractivity contribution in [1.82, 2.24) is 5.32 Å². The zero-order valence-electron chi connectivity index (χ0n) is 7.40. The average molecular weight is 201 g/mol. The molecule has 0 spiro atoms. The van der Waals surface area contributed by atoms with Crippen molar-refractivity contribution in [2.24, 2.45) is 5.92 Å². The van der Waals surface area contributed by atoms with Crippen LogP contribution in [-0.2, 0) is 14.4 Å². The number of carbonyl (C=O) groups excluding carboxylic acids is 1. The van der Waals surface area contributed by atoms with Crippen molar-refractivity contribution in [3.05, 3.63) is 0 Å². The zero-order chi connectivity index (χ0) is 10.7. The van der Waals surface area contributed by atoms with Crippen LogP contribution >= 0.6 is 0 Å². The van der Waals surface area contributed by atoms with Gasteiger partial charge in [-0.25, -0.2) is 4.79 Å². The first-order valence-corrected chi connectivity index (χ1v) is 4.25. The molecule has 6 heteroatoms. The van der Waals surface area contributed by atoms with Crippen LogP contribution in [-0.4, -0.2) is 34.1 Å². The number of hydrogen-bond acceptors (Lipinski definition) is 3. The molecule has 78 valence electrons. The molecule has 1 aliphatic carbocycles. The summed E-state index contributed by atoms with van der Waals surface area (Å²) in [5.74, 6) is -3.04. The molecule has 0 aromatic rings. The van der Waals surface area contributed by atoms with Crippen LogP contribution in [0.2, 0.25) is 0 Å². The van der Waals surface area contributed by atoms with Crippen LogP contribution in [0.4, 0.5) is 0 Å². The molecule has 1 fully saturated rings. The summed E-state index contributed by atoms with van der Waals surface area (Å²) in [4.78, 5) is 31.9. The van der Waals surface area contributed by atoms with E-state index >= 15 is 0 Å². The molecule has 0 heterocycles. The van der Waals surface area contributed by atoms with Gasteiger partial charge in [0.2, 0.25) is 5.91 Å². The molecule has 0 aromatic carbocycles. The molecule has 1 amide bonds. The van der Waals surface area contributed by atoms with Gasteiger partial charge in [-0.3, -0.25) is 9.59 Å². The van der Waals surface area contributed by atoms with Gasteiger partial charge < -0.3 is 15.5 Å². The second-order valence-corrected chi connectivity index (χ2v) is 3.27. The molecule has 1 rings (SSSR count). The fourth-order valence-electron chi connectivity index (χ4n) is 1.01. The Morgan fingerprint density at radius 2 is 1.86 bits per heavy atom. The van der Waals surface area contributed by atoms with Gasteiger partial charge >= 0.3 is 11.9 Å². The Morgan fingerprint density at radius 1 is 1.29 bits per heavy atom. The highest BCUT2D eigenvalue weighted by molar-refractivity contribution is 5.88. The second kappa shape index (κ2) is 4.08. The third kappa shape index (κ3) is 3.04. The van der Waals surface area contributed by atoms with Crippen LogP contribution in [0, 0.1) is 5.92 Å². The Morgan fingerprint density at radius 3 is 2.21 bits per heavy atom. The van der Waals surface area contributed by atoms with E-state index in [-0.39, 0.29) is 11.8 Å². The first kappa shape index (κ1) is 10.5. The van der Waals surface area contributed by atoms with E-state index in [1.54, 1.807) is 0 Å². The average Bonchev–Trinajstić information content (AvgIpc) is 2.83. The number of amides is 1. The highest BCUT2D eigenvalue weighted by Gasteiger charge is 2.33. The third-order valence-electron chi connectivity index (χ3n) is 1.94. The second-order valence-electron chi connectivity index (χ2n) is 3.27. The SMILES string of the molecule is O=C(O)CC(NC(=O)C1CC1)C(=O)O. The van der Waals surface area contributed by atoms with Crippen molar-refractivity contribution in [1.29, 1.82) is 0 Å². The van der Waals surface area contributed by atoms with Gasteiger partial charge in [0.05, 0.1) is 6.42 Å². The molecule has 0 bridgehead atoms. The molecule has 1 atom stereocenters. The van der Waals surface area contributed by atoms with Gasteiger partial charge in [-0.15, -0.1) is 0 Å². The lowest BCUT2D eigenvalue weighted by Gasteiger charge is -2.11. The van der Waals surface area contributed by atoms with Crippen molar-refractivity contribution < 1.29 is 24.6 Å². The van der Waals surface area contributed by atoms with E-state index in [0.29, 0.717) is 0 Å². The summed E-state index contributed by atoms with van der Waals surface area (Å²) in [6.45, 7) is 0. The molecule has 0 aliphatic heterocycles. The van der Waals surface area contributed by atoms with Gasteiger partial charge in [0, 0.05) is 5.92 Å². The van der Waals surface area contributed by atoms with Gasteiger partial charge in [-0.1, -0.05) is 0 Å². The summed E-state index contributed by atoms with van der Waals surface area (Å²) in [5.41, 5.74) is 0. The van der Waals surface area contributed by atoms with Gasteiger partial charge in [0.1, 0.15) is 6.04 Å². The van der Waals surface area contributed by atoms with Crippen molar-refractivity contribution >= 4 is 17.8 Å². The van der Waals surface area contributed by atoms with Crippen molar-refractivity contribution in [2.75, 3.05) is 0 Å². The molecule has 3 N–H and O–H groups in total. The smallest absolute Gasteiger partial charge is 0.326 e. The number of nitrogens with one attached hydrogen (secondary N) is 1. The van der Waals surface area contributed by atoms with E-state index in [9.17, 15) is 14.4 Å². The van der Waals surface area contributed by atoms with Gasteiger partial charge in [-0.2, -0.15) is 0 Å². The maximum Gasteiger partial charge on any atom is 0.326 e. The minimum Gasteiger partial charge on any atom is -0.481 e. The first-order valence-electron chi connectivity index (χ1n) is 4.25. The standard InChI is InChI=1S/C8H11NO5/c10-6(11)3-5(8(13)14)9-7(12)4-1-2-4/h4-5H,1-3H2,(H,9,12)(H,10,11)(H,13,14). The van der Waals surface area contributed by atoms with Crippen LogP contribution in [0.5, 0.6) is 0 Å². The number of aliphatic carboxylic acids is 2. The van der Waals surface area contributed by atoms with Crippen LogP contribution in [0.15, 0.2) is 0 Å². The molecule has 1 aliphatic rings. The fourth-order valence-corrected chi connectivity index (χ4v) is 1.01. The lowest BCUT2D eigenvalue weighted by atomic mass is 10.2. The Balaban J connectivity index is 2.45. The topological polar surface area (TPSA) is 104 Å². The highest BCUT2D eigenvalue weighted by atomic mass is 16.4.